The first kappa shape index (κ1) is 15.8. The summed E-state index contributed by atoms with van der Waals surface area (Å²) in [6, 6.07) is 9.82. The zero-order chi connectivity index (χ0) is 16.1. The highest BCUT2D eigenvalue weighted by Crippen LogP contribution is 2.27. The van der Waals surface area contributed by atoms with E-state index < -0.39 is 0 Å². The summed E-state index contributed by atoms with van der Waals surface area (Å²) in [4.78, 5) is 12.8. The van der Waals surface area contributed by atoms with Gasteiger partial charge in [-0.15, -0.1) is 0 Å². The van der Waals surface area contributed by atoms with Crippen LogP contribution in [0.25, 0.3) is 0 Å². The van der Waals surface area contributed by atoms with E-state index in [1.165, 1.54) is 19.3 Å². The molecule has 4 nitrogen and oxygen atoms in total. The third-order valence-electron chi connectivity index (χ3n) is 4.80. The molecule has 1 aliphatic carbocycles. The van der Waals surface area contributed by atoms with Crippen molar-refractivity contribution in [3.63, 3.8) is 0 Å². The normalized spacial score (nSPS) is 23.0. The van der Waals surface area contributed by atoms with Gasteiger partial charge in [0.1, 0.15) is 11.6 Å². The quantitative estimate of drug-likeness (QED) is 0.922. The molecular formula is C19H25N3O. The molecule has 0 saturated heterocycles. The molecule has 122 valence electrons. The van der Waals surface area contributed by atoms with Crippen molar-refractivity contribution in [2.75, 3.05) is 5.01 Å². The van der Waals surface area contributed by atoms with Gasteiger partial charge in [0.2, 0.25) is 0 Å². The van der Waals surface area contributed by atoms with Gasteiger partial charge in [-0.2, -0.15) is 5.10 Å². The number of amidine groups is 1. The van der Waals surface area contributed by atoms with Gasteiger partial charge in [-0.25, -0.2) is 5.01 Å². The minimum atomic E-state index is -0.362. The highest BCUT2D eigenvalue weighted by atomic mass is 16.1. The van der Waals surface area contributed by atoms with Crippen LogP contribution >= 0.6 is 0 Å². The van der Waals surface area contributed by atoms with E-state index in [0.717, 1.165) is 31.4 Å². The summed E-state index contributed by atoms with van der Waals surface area (Å²) in [5.74, 6) is 0.432. The fourth-order valence-electron chi connectivity index (χ4n) is 3.45. The minimum absolute atomic E-state index is 0.141. The summed E-state index contributed by atoms with van der Waals surface area (Å²) < 4.78 is 0. The number of hydrazone groups is 1. The predicted octanol–water partition coefficient (Wildman–Crippen LogP) is 3.84. The van der Waals surface area contributed by atoms with Crippen molar-refractivity contribution in [1.29, 1.82) is 0 Å². The lowest BCUT2D eigenvalue weighted by Gasteiger charge is -2.26. The van der Waals surface area contributed by atoms with Gasteiger partial charge in [0, 0.05) is 12.1 Å². The fourth-order valence-corrected chi connectivity index (χ4v) is 3.45. The second-order valence-corrected chi connectivity index (χ2v) is 6.47. The molecule has 1 fully saturated rings. The number of carbonyl (C=O) groups excluding carboxylic acids is 1. The lowest BCUT2D eigenvalue weighted by Crippen LogP contribution is -2.37. The average Bonchev–Trinajstić information content (AvgIpc) is 2.55. The zero-order valence-electron chi connectivity index (χ0n) is 13.5. The number of nitrogens with two attached hydrogens (primary N) is 1. The summed E-state index contributed by atoms with van der Waals surface area (Å²) in [6.45, 7) is 0. The van der Waals surface area contributed by atoms with Gasteiger partial charge >= 0.3 is 0 Å². The van der Waals surface area contributed by atoms with Crippen molar-refractivity contribution < 1.29 is 4.79 Å². The number of carbonyl (C=O) groups is 1. The van der Waals surface area contributed by atoms with E-state index in [-0.39, 0.29) is 17.6 Å². The molecule has 0 spiro atoms. The van der Waals surface area contributed by atoms with Crippen LogP contribution in [0, 0.1) is 11.8 Å². The van der Waals surface area contributed by atoms with Crippen LogP contribution in [-0.4, -0.2) is 11.6 Å². The zero-order valence-corrected chi connectivity index (χ0v) is 13.5. The van der Waals surface area contributed by atoms with Gasteiger partial charge in [0.25, 0.3) is 0 Å². The second kappa shape index (κ2) is 7.44. The smallest absolute Gasteiger partial charge is 0.150 e. The van der Waals surface area contributed by atoms with E-state index in [0.29, 0.717) is 5.84 Å². The minimum Gasteiger partial charge on any atom is -0.385 e. The van der Waals surface area contributed by atoms with Gasteiger partial charge in [-0.3, -0.25) is 4.79 Å². The lowest BCUT2D eigenvalue weighted by molar-refractivity contribution is -0.124. The van der Waals surface area contributed by atoms with Crippen molar-refractivity contribution >= 4 is 17.3 Å². The Bertz CT molecular complexity index is 586. The Morgan fingerprint density at radius 1 is 1.04 bits per heavy atom. The molecule has 0 bridgehead atoms. The van der Waals surface area contributed by atoms with Crippen molar-refractivity contribution in [2.45, 2.75) is 44.9 Å². The first-order valence-corrected chi connectivity index (χ1v) is 8.66. The first-order valence-electron chi connectivity index (χ1n) is 8.66. The molecule has 0 amide bonds. The van der Waals surface area contributed by atoms with Crippen LogP contribution in [0.15, 0.2) is 47.7 Å². The van der Waals surface area contributed by atoms with E-state index in [9.17, 15) is 4.79 Å². The third kappa shape index (κ3) is 3.81. The van der Waals surface area contributed by atoms with Gasteiger partial charge in [0.15, 0.2) is 0 Å². The average molecular weight is 311 g/mol. The first-order chi connectivity index (χ1) is 11.3. The van der Waals surface area contributed by atoms with E-state index in [4.69, 9.17) is 5.73 Å². The van der Waals surface area contributed by atoms with Crippen LogP contribution in [0.2, 0.25) is 0 Å². The highest BCUT2D eigenvalue weighted by Gasteiger charge is 2.30. The van der Waals surface area contributed by atoms with Crippen LogP contribution in [-0.2, 0) is 4.79 Å². The molecule has 1 aliphatic heterocycles. The highest BCUT2D eigenvalue weighted by molar-refractivity contribution is 6.06. The molecule has 1 aromatic carbocycles. The summed E-state index contributed by atoms with van der Waals surface area (Å²) in [6.07, 6.45) is 11.9. The van der Waals surface area contributed by atoms with Crippen LogP contribution in [0.1, 0.15) is 44.9 Å². The molecule has 0 radical (unpaired) electrons. The fraction of sp³-hybridized carbons (Fsp3) is 0.474. The molecule has 3 rings (SSSR count). The molecule has 1 unspecified atom stereocenters. The molecule has 1 aromatic rings. The summed E-state index contributed by atoms with van der Waals surface area (Å²) in [5, 5.41) is 6.15. The molecule has 2 aliphatic rings. The van der Waals surface area contributed by atoms with E-state index >= 15 is 0 Å². The van der Waals surface area contributed by atoms with Crippen molar-refractivity contribution in [3.8, 4) is 0 Å². The van der Waals surface area contributed by atoms with Gasteiger partial charge < -0.3 is 5.73 Å². The van der Waals surface area contributed by atoms with Gasteiger partial charge in [-0.05, 0) is 31.1 Å². The third-order valence-corrected chi connectivity index (χ3v) is 4.80. The van der Waals surface area contributed by atoms with Crippen LogP contribution in [0.4, 0.5) is 5.69 Å². The second-order valence-electron chi connectivity index (χ2n) is 6.47. The Hall–Kier alpha value is -2.10. The van der Waals surface area contributed by atoms with Crippen molar-refractivity contribution in [1.82, 2.24) is 0 Å². The summed E-state index contributed by atoms with van der Waals surface area (Å²) in [5.41, 5.74) is 7.07. The molecule has 1 atom stereocenters. The van der Waals surface area contributed by atoms with E-state index in [1.54, 1.807) is 5.01 Å². The van der Waals surface area contributed by atoms with Crippen LogP contribution in [0.5, 0.6) is 0 Å². The largest absolute Gasteiger partial charge is 0.385 e. The van der Waals surface area contributed by atoms with Crippen molar-refractivity contribution in [3.05, 3.63) is 42.6 Å². The molecule has 4 heteroatoms. The number of hydrogen-bond donors (Lipinski definition) is 1. The number of ketones is 1. The Balaban J connectivity index is 1.69. The number of hydrogen-bond acceptors (Lipinski definition) is 4. The molecule has 23 heavy (non-hydrogen) atoms. The number of anilines is 1. The number of nitrogens with zero attached hydrogens (tertiary/aromatic N) is 2. The maximum Gasteiger partial charge on any atom is 0.150 e. The number of para-hydroxylation sites is 1. The Morgan fingerprint density at radius 3 is 2.35 bits per heavy atom. The van der Waals surface area contributed by atoms with Gasteiger partial charge in [0.05, 0.1) is 11.6 Å². The maximum absolute atomic E-state index is 12.8. The predicted molar refractivity (Wildman–Crippen MR) is 94.0 cm³/mol. The summed E-state index contributed by atoms with van der Waals surface area (Å²) in [7, 11) is 0. The molecule has 1 heterocycles. The number of benzene rings is 1. The molecule has 1 saturated carbocycles. The Kier molecular flexibility index (Phi) is 5.11. The van der Waals surface area contributed by atoms with E-state index in [2.05, 4.69) is 5.10 Å². The Morgan fingerprint density at radius 2 is 1.70 bits per heavy atom. The van der Waals surface area contributed by atoms with E-state index in [1.807, 2.05) is 42.6 Å². The standard InChI is InChI=1S/C19H25N3O/c20-19-17(18(23)15-9-5-2-1-3-6-10-15)13-14-22(21-19)16-11-7-4-8-12-16/h4,7-8,11-15,17H,1-3,5-6,9-10H2,(H2,20,21). The lowest BCUT2D eigenvalue weighted by atomic mass is 9.82. The maximum atomic E-state index is 12.8. The van der Waals surface area contributed by atoms with Gasteiger partial charge in [-0.1, -0.05) is 50.3 Å². The van der Waals surface area contributed by atoms with Crippen LogP contribution < -0.4 is 10.7 Å². The molecule has 2 N–H and O–H groups in total. The summed E-state index contributed by atoms with van der Waals surface area (Å²) >= 11 is 0. The molecular weight excluding hydrogens is 286 g/mol. The topological polar surface area (TPSA) is 58.7 Å². The Labute approximate surface area is 138 Å². The van der Waals surface area contributed by atoms with Crippen molar-refractivity contribution in [2.24, 2.45) is 22.7 Å². The SMILES string of the molecule is NC1=NN(c2ccccc2)C=CC1C(=O)C1CCCCCCC1. The number of Topliss-reactive ketones (excluding diaryl/α,β-unsaturated/α-hetero) is 1. The number of rotatable bonds is 3. The van der Waals surface area contributed by atoms with Crippen LogP contribution in [0.3, 0.4) is 0 Å². The monoisotopic (exact) mass is 311 g/mol. The molecule has 0 aromatic heterocycles.